The van der Waals surface area contributed by atoms with Crippen molar-refractivity contribution in [2.75, 3.05) is 13.1 Å². The van der Waals surface area contributed by atoms with E-state index in [1.807, 2.05) is 11.8 Å². The first-order valence-corrected chi connectivity index (χ1v) is 8.86. The Morgan fingerprint density at radius 1 is 1.36 bits per heavy atom. The number of likely N-dealkylation sites (tertiary alicyclic amines) is 1. The van der Waals surface area contributed by atoms with Gasteiger partial charge < -0.3 is 15.7 Å². The van der Waals surface area contributed by atoms with Crippen LogP contribution in [0.2, 0.25) is 10.0 Å². The van der Waals surface area contributed by atoms with Gasteiger partial charge in [-0.25, -0.2) is 0 Å². The largest absolute Gasteiger partial charge is 0.508 e. The molecule has 2 aromatic rings. The fourth-order valence-corrected chi connectivity index (χ4v) is 3.60. The molecule has 0 radical (unpaired) electrons. The first-order chi connectivity index (χ1) is 11.9. The van der Waals surface area contributed by atoms with Gasteiger partial charge in [-0.1, -0.05) is 23.2 Å². The topological polar surface area (TPSA) is 95.2 Å². The molecule has 1 aliphatic heterocycles. The fraction of sp³-hybridized carbons (Fsp3) is 0.412. The summed E-state index contributed by atoms with van der Waals surface area (Å²) in [7, 11) is 0. The highest BCUT2D eigenvalue weighted by Gasteiger charge is 2.30. The van der Waals surface area contributed by atoms with E-state index in [-0.39, 0.29) is 23.6 Å². The summed E-state index contributed by atoms with van der Waals surface area (Å²) in [5, 5.41) is 17.5. The summed E-state index contributed by atoms with van der Waals surface area (Å²) < 4.78 is 0. The third-order valence-corrected chi connectivity index (χ3v) is 5.55. The standard InChI is InChI=1S/C17H20Cl2N4O2/c1-9-12(8-21-22-9)17(25)23-4-2-10(3-5-23)16(20)11-6-13(18)14(19)7-15(11)24/h6-8,10,16,24H,2-5,20H2,1H3,(H,21,22)/t16-/m1/s1. The molecule has 0 saturated carbocycles. The Labute approximate surface area is 155 Å². The van der Waals surface area contributed by atoms with Crippen LogP contribution in [0.4, 0.5) is 0 Å². The average molecular weight is 383 g/mol. The number of aromatic amines is 1. The van der Waals surface area contributed by atoms with E-state index < -0.39 is 0 Å². The number of phenolic OH excluding ortho intramolecular Hbond substituents is 1. The van der Waals surface area contributed by atoms with Crippen LogP contribution in [-0.2, 0) is 0 Å². The molecule has 1 fully saturated rings. The molecular formula is C17H20Cl2N4O2. The number of H-pyrrole nitrogens is 1. The minimum atomic E-state index is -0.359. The second-order valence-electron chi connectivity index (χ2n) is 6.39. The number of piperidine rings is 1. The van der Waals surface area contributed by atoms with Gasteiger partial charge in [0.1, 0.15) is 5.75 Å². The summed E-state index contributed by atoms with van der Waals surface area (Å²) >= 11 is 12.0. The van der Waals surface area contributed by atoms with E-state index >= 15 is 0 Å². The molecule has 1 amide bonds. The van der Waals surface area contributed by atoms with Gasteiger partial charge in [-0.3, -0.25) is 9.89 Å². The summed E-state index contributed by atoms with van der Waals surface area (Å²) in [6.45, 7) is 3.06. The third kappa shape index (κ3) is 3.61. The molecule has 1 aliphatic rings. The molecule has 0 aliphatic carbocycles. The lowest BCUT2D eigenvalue weighted by atomic mass is 9.85. The molecule has 0 spiro atoms. The zero-order chi connectivity index (χ0) is 18.1. The quantitative estimate of drug-likeness (QED) is 0.758. The zero-order valence-electron chi connectivity index (χ0n) is 13.8. The number of rotatable bonds is 3. The highest BCUT2D eigenvalue weighted by molar-refractivity contribution is 6.42. The van der Waals surface area contributed by atoms with Gasteiger partial charge >= 0.3 is 0 Å². The number of hydrogen-bond donors (Lipinski definition) is 3. The van der Waals surface area contributed by atoms with E-state index in [1.54, 1.807) is 12.3 Å². The molecule has 1 saturated heterocycles. The van der Waals surface area contributed by atoms with Gasteiger partial charge in [0.2, 0.25) is 0 Å². The van der Waals surface area contributed by atoms with Crippen LogP contribution >= 0.6 is 23.2 Å². The second-order valence-corrected chi connectivity index (χ2v) is 7.20. The molecule has 134 valence electrons. The number of phenols is 1. The number of nitrogens with zero attached hydrogens (tertiary/aromatic N) is 2. The van der Waals surface area contributed by atoms with Crippen LogP contribution in [0.5, 0.6) is 5.75 Å². The zero-order valence-corrected chi connectivity index (χ0v) is 15.3. The number of nitrogens with two attached hydrogens (primary N) is 1. The maximum absolute atomic E-state index is 12.5. The van der Waals surface area contributed by atoms with Crippen LogP contribution in [0.1, 0.15) is 40.5 Å². The minimum Gasteiger partial charge on any atom is -0.508 e. The first kappa shape index (κ1) is 18.0. The summed E-state index contributed by atoms with van der Waals surface area (Å²) in [5.41, 5.74) is 8.31. The van der Waals surface area contributed by atoms with Crippen LogP contribution in [0.25, 0.3) is 0 Å². The highest BCUT2D eigenvalue weighted by Crippen LogP contribution is 2.37. The molecule has 25 heavy (non-hydrogen) atoms. The van der Waals surface area contributed by atoms with E-state index in [1.165, 1.54) is 6.07 Å². The molecule has 4 N–H and O–H groups in total. The number of aryl methyl sites for hydroxylation is 1. The van der Waals surface area contributed by atoms with Gasteiger partial charge in [-0.2, -0.15) is 5.10 Å². The Hall–Kier alpha value is -1.76. The molecule has 6 nitrogen and oxygen atoms in total. The Morgan fingerprint density at radius 2 is 2.00 bits per heavy atom. The molecule has 1 atom stereocenters. The number of aromatic hydroxyl groups is 1. The van der Waals surface area contributed by atoms with Gasteiger partial charge in [0.05, 0.1) is 21.8 Å². The van der Waals surface area contributed by atoms with Gasteiger partial charge in [0.25, 0.3) is 5.91 Å². The fourth-order valence-electron chi connectivity index (χ4n) is 3.27. The van der Waals surface area contributed by atoms with Gasteiger partial charge in [0, 0.05) is 36.5 Å². The van der Waals surface area contributed by atoms with Crippen molar-refractivity contribution in [3.63, 3.8) is 0 Å². The van der Waals surface area contributed by atoms with E-state index in [2.05, 4.69) is 10.2 Å². The lowest BCUT2D eigenvalue weighted by molar-refractivity contribution is 0.0677. The van der Waals surface area contributed by atoms with Crippen molar-refractivity contribution < 1.29 is 9.90 Å². The van der Waals surface area contributed by atoms with Crippen LogP contribution in [0.15, 0.2) is 18.3 Å². The maximum atomic E-state index is 12.5. The summed E-state index contributed by atoms with van der Waals surface area (Å²) in [5.74, 6) is 0.183. The van der Waals surface area contributed by atoms with E-state index in [0.717, 1.165) is 18.5 Å². The number of benzene rings is 1. The Kier molecular flexibility index (Phi) is 5.22. The number of aromatic nitrogens is 2. The number of hydrogen-bond acceptors (Lipinski definition) is 4. The molecule has 0 unspecified atom stereocenters. The lowest BCUT2D eigenvalue weighted by Crippen LogP contribution is -2.41. The molecule has 8 heteroatoms. The molecule has 1 aromatic heterocycles. The smallest absolute Gasteiger partial charge is 0.257 e. The molecule has 1 aromatic carbocycles. The SMILES string of the molecule is Cc1[nH]ncc1C(=O)N1CCC([C@@H](N)c2cc(Cl)c(Cl)cc2O)CC1. The van der Waals surface area contributed by atoms with Crippen molar-refractivity contribution in [1.29, 1.82) is 0 Å². The maximum Gasteiger partial charge on any atom is 0.257 e. The Balaban J connectivity index is 1.67. The number of nitrogens with one attached hydrogen (secondary N) is 1. The van der Waals surface area contributed by atoms with Crippen LogP contribution in [-0.4, -0.2) is 39.2 Å². The number of carbonyl (C=O) groups excluding carboxylic acids is 1. The molecule has 2 heterocycles. The Morgan fingerprint density at radius 3 is 2.60 bits per heavy atom. The third-order valence-electron chi connectivity index (χ3n) is 4.82. The minimum absolute atomic E-state index is 0.0179. The van der Waals surface area contributed by atoms with Crippen molar-refractivity contribution in [3.05, 3.63) is 45.2 Å². The number of halogens is 2. The number of amides is 1. The highest BCUT2D eigenvalue weighted by atomic mass is 35.5. The van der Waals surface area contributed by atoms with Gasteiger partial charge in [0.15, 0.2) is 0 Å². The molecule has 3 rings (SSSR count). The lowest BCUT2D eigenvalue weighted by Gasteiger charge is -2.35. The predicted molar refractivity (Wildman–Crippen MR) is 97.0 cm³/mol. The average Bonchev–Trinajstić information content (AvgIpc) is 3.03. The predicted octanol–water partition coefficient (Wildman–Crippen LogP) is 3.28. The normalized spacial score (nSPS) is 16.9. The van der Waals surface area contributed by atoms with Crippen molar-refractivity contribution >= 4 is 29.1 Å². The van der Waals surface area contributed by atoms with Gasteiger partial charge in [-0.15, -0.1) is 0 Å². The van der Waals surface area contributed by atoms with Crippen molar-refractivity contribution in [2.45, 2.75) is 25.8 Å². The van der Waals surface area contributed by atoms with Crippen LogP contribution in [0.3, 0.4) is 0 Å². The Bertz CT molecular complexity index is 785. The summed E-state index contributed by atoms with van der Waals surface area (Å²) in [6, 6.07) is 2.68. The van der Waals surface area contributed by atoms with Gasteiger partial charge in [-0.05, 0) is 31.7 Å². The van der Waals surface area contributed by atoms with Crippen molar-refractivity contribution in [3.8, 4) is 5.75 Å². The summed E-state index contributed by atoms with van der Waals surface area (Å²) in [6.07, 6.45) is 3.07. The van der Waals surface area contributed by atoms with Crippen molar-refractivity contribution in [2.24, 2.45) is 11.7 Å². The monoisotopic (exact) mass is 382 g/mol. The van der Waals surface area contributed by atoms with E-state index in [4.69, 9.17) is 28.9 Å². The molecule has 0 bridgehead atoms. The molecular weight excluding hydrogens is 363 g/mol. The summed E-state index contributed by atoms with van der Waals surface area (Å²) in [4.78, 5) is 14.3. The number of carbonyl (C=O) groups is 1. The van der Waals surface area contributed by atoms with Crippen LogP contribution < -0.4 is 5.73 Å². The van der Waals surface area contributed by atoms with E-state index in [0.29, 0.717) is 34.3 Å². The van der Waals surface area contributed by atoms with E-state index in [9.17, 15) is 9.90 Å². The first-order valence-electron chi connectivity index (χ1n) is 8.11. The van der Waals surface area contributed by atoms with Crippen molar-refractivity contribution in [1.82, 2.24) is 15.1 Å². The van der Waals surface area contributed by atoms with Crippen LogP contribution in [0, 0.1) is 12.8 Å². The second kappa shape index (κ2) is 7.23.